The van der Waals surface area contributed by atoms with Crippen molar-refractivity contribution in [2.24, 2.45) is 5.92 Å². The number of carbonyl (C=O) groups excluding carboxylic acids is 1. The number of benzene rings is 1. The predicted octanol–water partition coefficient (Wildman–Crippen LogP) is 3.16. The number of halogens is 4. The number of sulfone groups is 1. The minimum absolute atomic E-state index is 0.0111. The van der Waals surface area contributed by atoms with Crippen molar-refractivity contribution in [2.75, 3.05) is 18.6 Å². The zero-order chi connectivity index (χ0) is 30.8. The lowest BCUT2D eigenvalue weighted by Crippen LogP contribution is -2.44. The van der Waals surface area contributed by atoms with Crippen LogP contribution >= 0.6 is 0 Å². The fourth-order valence-electron chi connectivity index (χ4n) is 4.17. The van der Waals surface area contributed by atoms with Crippen LogP contribution in [0.3, 0.4) is 0 Å². The van der Waals surface area contributed by atoms with Crippen molar-refractivity contribution >= 4 is 21.3 Å². The summed E-state index contributed by atoms with van der Waals surface area (Å²) >= 11 is 0. The third-order valence-corrected chi connectivity index (χ3v) is 8.01. The topological polar surface area (TPSA) is 133 Å². The van der Waals surface area contributed by atoms with Gasteiger partial charge in [0, 0.05) is 31.1 Å². The fourth-order valence-corrected chi connectivity index (χ4v) is 4.82. The largest absolute Gasteiger partial charge is 0.479 e. The summed E-state index contributed by atoms with van der Waals surface area (Å²) in [7, 11) is -3.54. The van der Waals surface area contributed by atoms with Gasteiger partial charge in [0.1, 0.15) is 28.2 Å². The number of aromatic nitrogens is 6. The Bertz CT molecular complexity index is 1680. The number of carbonyl (C=O) groups is 1. The van der Waals surface area contributed by atoms with Gasteiger partial charge in [-0.15, -0.1) is 5.10 Å². The van der Waals surface area contributed by atoms with Gasteiger partial charge in [-0.05, 0) is 25.3 Å². The van der Waals surface area contributed by atoms with E-state index >= 15 is 0 Å². The number of hydrogen-bond donors (Lipinski definition) is 1. The summed E-state index contributed by atoms with van der Waals surface area (Å²) in [4.78, 5) is 17.7. The zero-order valence-electron chi connectivity index (χ0n) is 23.2. The van der Waals surface area contributed by atoms with Crippen LogP contribution in [0.25, 0.3) is 5.65 Å². The Kier molecular flexibility index (Phi) is 8.96. The Hall–Kier alpha value is -3.92. The molecule has 0 radical (unpaired) electrons. The van der Waals surface area contributed by atoms with Gasteiger partial charge in [0.15, 0.2) is 28.8 Å². The molecule has 0 aliphatic heterocycles. The summed E-state index contributed by atoms with van der Waals surface area (Å²) in [5, 5.41) is 15.8. The Balaban J connectivity index is 1.57. The average Bonchev–Trinajstić information content (AvgIpc) is 3.60. The first-order valence-electron chi connectivity index (χ1n) is 12.8. The van der Waals surface area contributed by atoms with E-state index in [0.717, 1.165) is 16.6 Å². The molecule has 1 aromatic carbocycles. The lowest BCUT2D eigenvalue weighted by molar-refractivity contribution is -0.124. The summed E-state index contributed by atoms with van der Waals surface area (Å²) in [6, 6.07) is 2.30. The third kappa shape index (κ3) is 6.75. The lowest BCUT2D eigenvalue weighted by Gasteiger charge is -2.33. The molecule has 16 heteroatoms. The second-order valence-electron chi connectivity index (χ2n) is 10.3. The van der Waals surface area contributed by atoms with Crippen molar-refractivity contribution < 1.29 is 35.5 Å². The molecule has 0 aliphatic carbocycles. The molecule has 2 atom stereocenters. The van der Waals surface area contributed by atoms with Crippen molar-refractivity contribution in [1.82, 2.24) is 34.9 Å². The van der Waals surface area contributed by atoms with Gasteiger partial charge in [-0.25, -0.2) is 31.4 Å². The molecule has 1 N–H and O–H groups in total. The molecular formula is C26H29F4N7O4S. The third-order valence-electron chi connectivity index (χ3n) is 7.03. The molecule has 0 amide bonds. The van der Waals surface area contributed by atoms with Gasteiger partial charge in [-0.1, -0.05) is 19.1 Å². The number of fused-ring (bicyclic) bond motifs is 1. The van der Waals surface area contributed by atoms with Crippen LogP contribution in [0.1, 0.15) is 44.6 Å². The van der Waals surface area contributed by atoms with E-state index < -0.39 is 68.6 Å². The van der Waals surface area contributed by atoms with Crippen LogP contribution in [0.5, 0.6) is 5.75 Å². The van der Waals surface area contributed by atoms with Crippen LogP contribution in [0.4, 0.5) is 17.6 Å². The number of nitrogens with zero attached hydrogens (tertiary/aromatic N) is 6. The molecule has 0 spiro atoms. The van der Waals surface area contributed by atoms with Crippen molar-refractivity contribution in [2.45, 2.75) is 45.3 Å². The van der Waals surface area contributed by atoms with Crippen molar-refractivity contribution in [3.05, 3.63) is 71.4 Å². The molecule has 0 saturated carbocycles. The maximum absolute atomic E-state index is 14.0. The quantitative estimate of drug-likeness (QED) is 0.179. The maximum atomic E-state index is 14.0. The number of nitrogens with one attached hydrogen (secondary N) is 1. The number of rotatable bonds is 13. The Morgan fingerprint density at radius 1 is 1.14 bits per heavy atom. The Morgan fingerprint density at radius 2 is 1.83 bits per heavy atom. The molecule has 42 heavy (non-hydrogen) atoms. The minimum Gasteiger partial charge on any atom is -0.479 e. The Morgan fingerprint density at radius 3 is 2.48 bits per heavy atom. The van der Waals surface area contributed by atoms with Gasteiger partial charge < -0.3 is 10.1 Å². The molecule has 0 fully saturated rings. The van der Waals surface area contributed by atoms with E-state index in [4.69, 9.17) is 4.74 Å². The van der Waals surface area contributed by atoms with E-state index in [1.807, 2.05) is 20.8 Å². The van der Waals surface area contributed by atoms with Crippen LogP contribution in [0.2, 0.25) is 0 Å². The second-order valence-corrected chi connectivity index (χ2v) is 12.6. The number of ketones is 1. The molecule has 1 unspecified atom stereocenters. The highest BCUT2D eigenvalue weighted by Gasteiger charge is 2.35. The smallest absolute Gasteiger partial charge is 0.203 e. The highest BCUT2D eigenvalue weighted by atomic mass is 32.2. The van der Waals surface area contributed by atoms with E-state index in [2.05, 4.69) is 25.7 Å². The number of hydrogen-bond acceptors (Lipinski definition) is 9. The minimum atomic E-state index is -3.54. The van der Waals surface area contributed by atoms with Crippen LogP contribution in [-0.4, -0.2) is 62.4 Å². The number of Topliss-reactive ketones (excluding diaryl/α,β-unsaturated/α-hetero) is 1. The molecular weight excluding hydrogens is 582 g/mol. The highest BCUT2D eigenvalue weighted by molar-refractivity contribution is 7.90. The average molecular weight is 612 g/mol. The summed E-state index contributed by atoms with van der Waals surface area (Å²) in [6.07, 6.45) is 5.58. The summed E-state index contributed by atoms with van der Waals surface area (Å²) in [6.45, 7) is 5.09. The first-order valence-corrected chi connectivity index (χ1v) is 14.9. The van der Waals surface area contributed by atoms with Crippen LogP contribution in [0, 0.1) is 29.2 Å². The summed E-state index contributed by atoms with van der Waals surface area (Å²) < 4.78 is 86.6. The van der Waals surface area contributed by atoms with E-state index in [-0.39, 0.29) is 18.4 Å². The molecule has 4 rings (SSSR count). The predicted molar refractivity (Wildman–Crippen MR) is 142 cm³/mol. The monoisotopic (exact) mass is 611 g/mol. The van der Waals surface area contributed by atoms with Gasteiger partial charge in [-0.3, -0.25) is 4.79 Å². The van der Waals surface area contributed by atoms with Crippen molar-refractivity contribution in [3.8, 4) is 5.75 Å². The van der Waals surface area contributed by atoms with Gasteiger partial charge in [0.25, 0.3) is 0 Å². The standard InChI is InChI=1S/C26H29F4N7O4S/c1-15(2)26(3,31-12-16-6-9-36-22(33-16)5-8-32-36)21-13-37(35-34-21)19(7-10-42(4,39)40)20(38)14-41-25-23(29)17(27)11-18(28)24(25)30/h5-6,8-9,11,13,15,19,31H,7,10,12,14H2,1-4H3/t19?,26-/m0/s1. The van der Waals surface area contributed by atoms with E-state index in [1.54, 1.807) is 29.0 Å². The normalized spacial score (nSPS) is 14.3. The molecule has 0 bridgehead atoms. The van der Waals surface area contributed by atoms with Crippen molar-refractivity contribution in [1.29, 1.82) is 0 Å². The van der Waals surface area contributed by atoms with Gasteiger partial charge in [-0.2, -0.15) is 13.9 Å². The van der Waals surface area contributed by atoms with Crippen molar-refractivity contribution in [3.63, 3.8) is 0 Å². The zero-order valence-corrected chi connectivity index (χ0v) is 24.0. The first kappa shape index (κ1) is 31.0. The second kappa shape index (κ2) is 12.1. The van der Waals surface area contributed by atoms with Crippen LogP contribution in [-0.2, 0) is 26.7 Å². The van der Waals surface area contributed by atoms with E-state index in [0.29, 0.717) is 17.9 Å². The lowest BCUT2D eigenvalue weighted by atomic mass is 9.85. The molecule has 3 heterocycles. The molecule has 226 valence electrons. The van der Waals surface area contributed by atoms with Crippen LogP contribution in [0.15, 0.2) is 36.8 Å². The highest BCUT2D eigenvalue weighted by Crippen LogP contribution is 2.30. The molecule has 0 saturated heterocycles. The molecule has 0 aliphatic rings. The van der Waals surface area contributed by atoms with E-state index in [9.17, 15) is 30.8 Å². The summed E-state index contributed by atoms with van der Waals surface area (Å²) in [5.74, 6) is -9.76. The van der Waals surface area contributed by atoms with Gasteiger partial charge in [0.05, 0.1) is 29.4 Å². The molecule has 4 aromatic rings. The first-order chi connectivity index (χ1) is 19.7. The van der Waals surface area contributed by atoms with Gasteiger partial charge >= 0.3 is 0 Å². The van der Waals surface area contributed by atoms with Crippen LogP contribution < -0.4 is 10.1 Å². The van der Waals surface area contributed by atoms with Gasteiger partial charge in [0.2, 0.25) is 11.6 Å². The number of ether oxygens (including phenoxy) is 1. The molecule has 3 aromatic heterocycles. The maximum Gasteiger partial charge on any atom is 0.203 e. The molecule has 11 nitrogen and oxygen atoms in total. The fraction of sp³-hybridized carbons (Fsp3) is 0.423. The van der Waals surface area contributed by atoms with E-state index in [1.165, 1.54) is 6.20 Å². The summed E-state index contributed by atoms with van der Waals surface area (Å²) in [5.41, 5.74) is 1.03. The Labute approximate surface area is 238 Å². The SMILES string of the molecule is CC(C)[C@](C)(NCc1ccn2nccc2n1)c1cn(C(CCS(C)(=O)=O)C(=O)COc2c(F)c(F)cc(F)c2F)nn1.